The number of phenols is 2. The zero-order chi connectivity index (χ0) is 36.1. The molecule has 18 heteroatoms. The quantitative estimate of drug-likeness (QED) is 0.0609. The number of carbonyl (C=O) groups excluding carboxylic acids is 5. The van der Waals surface area contributed by atoms with Crippen molar-refractivity contribution in [2.45, 2.75) is 18.3 Å². The van der Waals surface area contributed by atoms with Crippen molar-refractivity contribution in [3.8, 4) is 17.2 Å². The minimum atomic E-state index is -1.41. The number of nitrogens with zero attached hydrogens (tertiary/aromatic N) is 1. The first-order valence-electron chi connectivity index (χ1n) is 14.8. The average Bonchev–Trinajstić information content (AvgIpc) is 3.10. The number of carbonyl (C=O) groups is 5. The van der Waals surface area contributed by atoms with Gasteiger partial charge in [0.15, 0.2) is 11.5 Å². The molecule has 5 N–H and O–H groups in total. The second kappa shape index (κ2) is 16.6. The van der Waals surface area contributed by atoms with Gasteiger partial charge < -0.3 is 49.8 Å². The summed E-state index contributed by atoms with van der Waals surface area (Å²) in [5.41, 5.74) is -0.617. The van der Waals surface area contributed by atoms with E-state index in [2.05, 4.69) is 22.0 Å². The number of allylic oxidation sites excluding steroid dienone is 1. The summed E-state index contributed by atoms with van der Waals surface area (Å²) in [5.74, 6) is -4.70. The Morgan fingerprint density at radius 3 is 2.47 bits per heavy atom. The van der Waals surface area contributed by atoms with Gasteiger partial charge in [0.2, 0.25) is 11.3 Å². The first kappa shape index (κ1) is 38.5. The van der Waals surface area contributed by atoms with Gasteiger partial charge in [0.25, 0.3) is 17.5 Å². The van der Waals surface area contributed by atoms with Crippen molar-refractivity contribution in [2.24, 2.45) is 5.92 Å². The third-order valence-corrected chi connectivity index (χ3v) is 8.87. The average molecular weight is 727 g/mol. The minimum Gasteiger partial charge on any atom is -0.546 e. The Hall–Kier alpha value is -5.32. The number of benzene rings is 2. The van der Waals surface area contributed by atoms with Crippen LogP contribution in [0, 0.1) is 12.0 Å². The fourth-order valence-electron chi connectivity index (χ4n) is 5.01. The third-order valence-electron chi connectivity index (χ3n) is 7.56. The molecule has 2 aromatic carbocycles. The number of nitrogens with one attached hydrogen (secondary N) is 3. The molecule has 0 bridgehead atoms. The van der Waals surface area contributed by atoms with Crippen molar-refractivity contribution in [2.75, 3.05) is 18.9 Å². The van der Waals surface area contributed by atoms with Gasteiger partial charge in [-0.2, -0.15) is 0 Å². The van der Waals surface area contributed by atoms with Crippen molar-refractivity contribution in [3.05, 3.63) is 99.8 Å². The molecule has 1 saturated heterocycles. The molecule has 16 nitrogen and oxygen atoms in total. The van der Waals surface area contributed by atoms with E-state index >= 15 is 0 Å². The van der Waals surface area contributed by atoms with Crippen LogP contribution in [0.4, 0.5) is 0 Å². The van der Waals surface area contributed by atoms with E-state index in [1.54, 1.807) is 17.8 Å². The number of carboxylic acids is 2. The molecule has 4 heterocycles. The summed E-state index contributed by atoms with van der Waals surface area (Å²) in [6.07, 6.45) is 8.39. The number of amides is 3. The molecule has 0 aliphatic carbocycles. The molecular formula is C33H27N4NaO12S. The van der Waals surface area contributed by atoms with Gasteiger partial charge in [0, 0.05) is 11.8 Å². The maximum Gasteiger partial charge on any atom is 1.00 e. The van der Waals surface area contributed by atoms with Gasteiger partial charge in [-0.05, 0) is 29.8 Å². The number of β-lactam (4-membered cyclic amide) rings is 1. The first-order chi connectivity index (χ1) is 23.8. The molecule has 1 fully saturated rings. The van der Waals surface area contributed by atoms with E-state index in [1.165, 1.54) is 41.4 Å². The van der Waals surface area contributed by atoms with Gasteiger partial charge in [0.1, 0.15) is 54.6 Å². The normalized spacial score (nSPS) is 17.6. The molecule has 0 radical (unpaired) electrons. The number of carboxylic acid groups (broad SMARTS) is 2. The number of thioether (sulfide) groups is 1. The second-order valence-electron chi connectivity index (χ2n) is 10.9. The molecule has 0 spiro atoms. The summed E-state index contributed by atoms with van der Waals surface area (Å²) < 4.78 is 10.3. The third kappa shape index (κ3) is 8.71. The summed E-state index contributed by atoms with van der Waals surface area (Å²) >= 11 is 1.58. The van der Waals surface area contributed by atoms with Crippen LogP contribution in [0.3, 0.4) is 0 Å². The van der Waals surface area contributed by atoms with Crippen LogP contribution in [-0.2, 0) is 19.2 Å². The summed E-state index contributed by atoms with van der Waals surface area (Å²) in [4.78, 5) is 72.9. The molecule has 3 atom stereocenters. The predicted octanol–water partition coefficient (Wildman–Crippen LogP) is -4.10. The fourth-order valence-corrected chi connectivity index (χ4v) is 6.23. The Bertz CT molecular complexity index is 2030. The van der Waals surface area contributed by atoms with Crippen LogP contribution in [-0.4, -0.2) is 69.1 Å². The SMILES string of the molecule is C[C@@H]1C(=O)N2C(C(=O)[O-])=CCS[C@@H]12.O=C([O-])COc1ccc(C(NC(=O)c2coc3cc(O)c(O)cc3c2=O)C(=O)NC2=CCNC=[C+]2)cc1.[Na+]. The molecule has 3 aliphatic rings. The molecule has 51 heavy (non-hydrogen) atoms. The standard InChI is InChI=1S/C25H19N3O9.C8H9NO3S.Na/c29-18-9-16-20(10-19(18)30)37-11-17(23(16)33)24(34)28-22(25(35)27-14-5-7-26-8-6-14)13-1-3-15(4-2-13)36-12-21(31)32;1-4-6(10)9-5(8(11)12)2-3-13-7(4)9;/h1-5,8-11,22,26H,7,12H2,(H4-,27,28,29,30,31,32,33,34,35);2,4,7H,3H2,1H3,(H,11,12);/q;;+1/p-1/t;4-,7+;/m.1./s1. The number of dihydropyridines is 1. The van der Waals surface area contributed by atoms with E-state index in [-0.39, 0.29) is 74.7 Å². The zero-order valence-corrected chi connectivity index (χ0v) is 29.8. The van der Waals surface area contributed by atoms with E-state index in [0.717, 1.165) is 18.4 Å². The Balaban J connectivity index is 0.000000348. The van der Waals surface area contributed by atoms with Crippen LogP contribution in [0.5, 0.6) is 17.2 Å². The second-order valence-corrected chi connectivity index (χ2v) is 12.0. The van der Waals surface area contributed by atoms with Crippen molar-refractivity contribution in [3.63, 3.8) is 0 Å². The molecule has 0 saturated carbocycles. The van der Waals surface area contributed by atoms with Gasteiger partial charge in [-0.15, -0.1) is 11.8 Å². The zero-order valence-electron chi connectivity index (χ0n) is 27.0. The number of aromatic hydroxyl groups is 2. The summed E-state index contributed by atoms with van der Waals surface area (Å²) in [6.45, 7) is 1.59. The van der Waals surface area contributed by atoms with Gasteiger partial charge in [-0.1, -0.05) is 19.1 Å². The first-order valence-corrected chi connectivity index (χ1v) is 15.8. The van der Waals surface area contributed by atoms with Crippen LogP contribution >= 0.6 is 11.8 Å². The molecular weight excluding hydrogens is 699 g/mol. The molecule has 3 aromatic rings. The van der Waals surface area contributed by atoms with Gasteiger partial charge >= 0.3 is 29.6 Å². The van der Waals surface area contributed by atoms with Gasteiger partial charge in [-0.3, -0.25) is 29.4 Å². The van der Waals surface area contributed by atoms with Crippen molar-refractivity contribution in [1.29, 1.82) is 0 Å². The molecule has 3 aliphatic heterocycles. The van der Waals surface area contributed by atoms with E-state index in [1.807, 2.05) is 6.92 Å². The number of fused-ring (bicyclic) bond motifs is 2. The van der Waals surface area contributed by atoms with Gasteiger partial charge in [0.05, 0.1) is 40.4 Å². The van der Waals surface area contributed by atoms with Gasteiger partial charge in [-0.25, -0.2) is 0 Å². The fraction of sp³-hybridized carbons (Fsp3) is 0.212. The summed E-state index contributed by atoms with van der Waals surface area (Å²) in [6, 6.07) is 6.38. The molecule has 1 unspecified atom stereocenters. The Morgan fingerprint density at radius 2 is 1.82 bits per heavy atom. The van der Waals surface area contributed by atoms with Crippen LogP contribution in [0.1, 0.15) is 28.9 Å². The van der Waals surface area contributed by atoms with E-state index in [4.69, 9.17) is 9.15 Å². The number of hydrogen-bond acceptors (Lipinski definition) is 14. The monoisotopic (exact) mass is 726 g/mol. The Kier molecular flexibility index (Phi) is 12.5. The van der Waals surface area contributed by atoms with Crippen LogP contribution in [0.2, 0.25) is 0 Å². The number of phenolic OH excluding ortho intramolecular Hbond substituents is 2. The molecule has 3 amide bonds. The number of ether oxygens (including phenoxy) is 1. The topological polar surface area (TPSA) is 251 Å². The van der Waals surface area contributed by atoms with Crippen LogP contribution in [0.25, 0.3) is 11.0 Å². The van der Waals surface area contributed by atoms with E-state index < -0.39 is 58.9 Å². The van der Waals surface area contributed by atoms with Crippen LogP contribution < -0.4 is 65.9 Å². The molecule has 258 valence electrons. The molecule has 1 aromatic heterocycles. The van der Waals surface area contributed by atoms with E-state index in [9.17, 15) is 49.2 Å². The number of aliphatic carboxylic acids is 2. The summed E-state index contributed by atoms with van der Waals surface area (Å²) in [7, 11) is 0. The maximum atomic E-state index is 13.1. The predicted molar refractivity (Wildman–Crippen MR) is 170 cm³/mol. The maximum absolute atomic E-state index is 13.1. The minimum absolute atomic E-state index is 0. The Morgan fingerprint density at radius 1 is 1.12 bits per heavy atom. The summed E-state index contributed by atoms with van der Waals surface area (Å²) in [5, 5.41) is 48.4. The van der Waals surface area contributed by atoms with E-state index in [0.29, 0.717) is 18.0 Å². The van der Waals surface area contributed by atoms with Crippen molar-refractivity contribution < 1.29 is 83.1 Å². The largest absolute Gasteiger partial charge is 1.00 e. The van der Waals surface area contributed by atoms with Crippen molar-refractivity contribution >= 4 is 52.4 Å². The molecule has 6 rings (SSSR count). The number of rotatable bonds is 9. The van der Waals surface area contributed by atoms with Crippen LogP contribution in [0.15, 0.2) is 81.6 Å². The van der Waals surface area contributed by atoms with Crippen molar-refractivity contribution in [1.82, 2.24) is 20.9 Å². The Labute approximate surface area is 315 Å². The smallest absolute Gasteiger partial charge is 0.546 e. The number of hydrogen-bond donors (Lipinski definition) is 5.